The summed E-state index contributed by atoms with van der Waals surface area (Å²) >= 11 is 0. The van der Waals surface area contributed by atoms with Gasteiger partial charge < -0.3 is 5.32 Å². The second kappa shape index (κ2) is 7.99. The van der Waals surface area contributed by atoms with Gasteiger partial charge in [-0.05, 0) is 38.0 Å². The smallest absolute Gasteiger partial charge is 0.318 e. The Morgan fingerprint density at radius 1 is 1.07 bits per heavy atom. The molecule has 1 N–H and O–H groups in total. The van der Waals surface area contributed by atoms with Crippen molar-refractivity contribution in [2.75, 3.05) is 6.54 Å². The van der Waals surface area contributed by atoms with E-state index in [-0.39, 0.29) is 12.5 Å². The lowest BCUT2D eigenvalue weighted by atomic mass is 10.1. The predicted octanol–water partition coefficient (Wildman–Crippen LogP) is 1.25. The highest BCUT2D eigenvalue weighted by molar-refractivity contribution is 5.78. The quantitative estimate of drug-likeness (QED) is 0.665. The highest BCUT2D eigenvalue weighted by atomic mass is 16.2. The topological polar surface area (TPSA) is 86.0 Å². The summed E-state index contributed by atoms with van der Waals surface area (Å²) in [6, 6.07) is 11.5. The van der Waals surface area contributed by atoms with Crippen LogP contribution in [0, 0.1) is 6.92 Å². The second-order valence-corrected chi connectivity index (χ2v) is 6.37. The van der Waals surface area contributed by atoms with E-state index in [4.69, 9.17) is 0 Å². The molecule has 0 saturated heterocycles. The lowest BCUT2D eigenvalue weighted by Crippen LogP contribution is -2.44. The molecule has 0 spiro atoms. The van der Waals surface area contributed by atoms with Crippen LogP contribution in [0.1, 0.15) is 18.1 Å². The second-order valence-electron chi connectivity index (χ2n) is 6.37. The number of pyridine rings is 1. The number of nitrogens with one attached hydrogen (secondary N) is 1. The van der Waals surface area contributed by atoms with Crippen LogP contribution in [0.15, 0.2) is 52.2 Å². The van der Waals surface area contributed by atoms with Gasteiger partial charge >= 0.3 is 11.1 Å². The number of carbonyl (C=O) groups excluding carboxylic acids is 1. The van der Waals surface area contributed by atoms with E-state index >= 15 is 0 Å². The fraction of sp³-hybridized carbons (Fsp3) is 0.300. The molecule has 140 valence electrons. The summed E-state index contributed by atoms with van der Waals surface area (Å²) in [5, 5.41) is 2.81. The average Bonchev–Trinajstić information content (AvgIpc) is 2.67. The van der Waals surface area contributed by atoms with Gasteiger partial charge in [-0.25, -0.2) is 4.98 Å². The SMILES string of the molecule is CCn1c(=O)c(=O)n(CC(=O)NCCc2ccc(C)cc2)c2cccnc21. The molecular formula is C20H22N4O3. The Morgan fingerprint density at radius 2 is 1.78 bits per heavy atom. The summed E-state index contributed by atoms with van der Waals surface area (Å²) < 4.78 is 2.52. The monoisotopic (exact) mass is 366 g/mol. The third-order valence-electron chi connectivity index (χ3n) is 4.46. The molecule has 0 atom stereocenters. The van der Waals surface area contributed by atoms with Crippen LogP contribution in [-0.2, 0) is 24.3 Å². The number of aromatic nitrogens is 3. The lowest BCUT2D eigenvalue weighted by molar-refractivity contribution is -0.121. The van der Waals surface area contributed by atoms with Crippen LogP contribution in [-0.4, -0.2) is 26.6 Å². The number of amides is 1. The van der Waals surface area contributed by atoms with Gasteiger partial charge in [0.25, 0.3) is 0 Å². The van der Waals surface area contributed by atoms with E-state index in [1.807, 2.05) is 31.2 Å². The Kier molecular flexibility index (Phi) is 5.49. The number of hydrogen-bond donors (Lipinski definition) is 1. The van der Waals surface area contributed by atoms with E-state index in [0.717, 1.165) is 5.56 Å². The molecule has 0 saturated carbocycles. The summed E-state index contributed by atoms with van der Waals surface area (Å²) in [6.45, 7) is 4.38. The number of aryl methyl sites for hydroxylation is 2. The normalized spacial score (nSPS) is 10.9. The molecule has 2 heterocycles. The summed E-state index contributed by atoms with van der Waals surface area (Å²) in [5.74, 6) is -0.317. The fourth-order valence-corrected chi connectivity index (χ4v) is 2.99. The standard InChI is InChI=1S/C20H22N4O3/c1-3-23-18-16(5-4-11-22-18)24(20(27)19(23)26)13-17(25)21-12-10-15-8-6-14(2)7-9-15/h4-9,11H,3,10,12-13H2,1-2H3,(H,21,25). The molecule has 1 aromatic carbocycles. The van der Waals surface area contributed by atoms with Crippen molar-refractivity contribution >= 4 is 17.1 Å². The highest BCUT2D eigenvalue weighted by Gasteiger charge is 2.15. The van der Waals surface area contributed by atoms with Gasteiger partial charge in [0.1, 0.15) is 6.54 Å². The number of benzene rings is 1. The Hall–Kier alpha value is -3.22. The molecule has 27 heavy (non-hydrogen) atoms. The maximum absolute atomic E-state index is 12.4. The average molecular weight is 366 g/mol. The molecule has 0 aliphatic heterocycles. The first-order valence-electron chi connectivity index (χ1n) is 8.92. The number of nitrogens with zero attached hydrogens (tertiary/aromatic N) is 3. The molecule has 7 nitrogen and oxygen atoms in total. The van der Waals surface area contributed by atoms with Crippen LogP contribution in [0.2, 0.25) is 0 Å². The van der Waals surface area contributed by atoms with Crippen LogP contribution in [0.3, 0.4) is 0 Å². The van der Waals surface area contributed by atoms with Gasteiger partial charge in [-0.15, -0.1) is 0 Å². The Balaban J connectivity index is 1.77. The summed E-state index contributed by atoms with van der Waals surface area (Å²) in [7, 11) is 0. The Bertz CT molecular complexity index is 1080. The minimum Gasteiger partial charge on any atom is -0.354 e. The number of carbonyl (C=O) groups is 1. The molecule has 0 aliphatic rings. The van der Waals surface area contributed by atoms with Crippen molar-refractivity contribution in [3.05, 3.63) is 74.4 Å². The first kappa shape index (κ1) is 18.6. The number of rotatable bonds is 6. The molecule has 0 aliphatic carbocycles. The van der Waals surface area contributed by atoms with Crippen molar-refractivity contribution in [1.29, 1.82) is 0 Å². The molecule has 3 aromatic rings. The largest absolute Gasteiger partial charge is 0.354 e. The molecular weight excluding hydrogens is 344 g/mol. The first-order chi connectivity index (χ1) is 13.0. The van der Waals surface area contributed by atoms with Crippen molar-refractivity contribution in [2.45, 2.75) is 33.4 Å². The minimum absolute atomic E-state index is 0.214. The van der Waals surface area contributed by atoms with Crippen molar-refractivity contribution in [1.82, 2.24) is 19.4 Å². The molecule has 2 aromatic heterocycles. The third kappa shape index (κ3) is 3.97. The van der Waals surface area contributed by atoms with Gasteiger partial charge in [-0.3, -0.25) is 23.5 Å². The summed E-state index contributed by atoms with van der Waals surface area (Å²) in [5.41, 5.74) is 1.79. The molecule has 7 heteroatoms. The predicted molar refractivity (Wildman–Crippen MR) is 104 cm³/mol. The summed E-state index contributed by atoms with van der Waals surface area (Å²) in [6.07, 6.45) is 2.26. The fourth-order valence-electron chi connectivity index (χ4n) is 2.99. The molecule has 1 amide bonds. The van der Waals surface area contributed by atoms with E-state index in [1.165, 1.54) is 14.7 Å². The van der Waals surface area contributed by atoms with Crippen LogP contribution < -0.4 is 16.4 Å². The van der Waals surface area contributed by atoms with Gasteiger partial charge in [-0.1, -0.05) is 29.8 Å². The molecule has 0 bridgehead atoms. The van der Waals surface area contributed by atoms with Crippen molar-refractivity contribution < 1.29 is 4.79 Å². The van der Waals surface area contributed by atoms with Crippen molar-refractivity contribution in [2.24, 2.45) is 0 Å². The van der Waals surface area contributed by atoms with Crippen LogP contribution in [0.5, 0.6) is 0 Å². The van der Waals surface area contributed by atoms with Gasteiger partial charge in [0.05, 0.1) is 5.52 Å². The van der Waals surface area contributed by atoms with E-state index in [0.29, 0.717) is 30.7 Å². The third-order valence-corrected chi connectivity index (χ3v) is 4.46. The van der Waals surface area contributed by atoms with Gasteiger partial charge in [0.2, 0.25) is 5.91 Å². The zero-order valence-corrected chi connectivity index (χ0v) is 15.4. The molecule has 0 radical (unpaired) electrons. The molecule has 3 rings (SSSR count). The molecule has 0 unspecified atom stereocenters. The Labute approximate surface area is 156 Å². The maximum atomic E-state index is 12.4. The van der Waals surface area contributed by atoms with Crippen molar-refractivity contribution in [3.8, 4) is 0 Å². The lowest BCUT2D eigenvalue weighted by Gasteiger charge is -2.13. The van der Waals surface area contributed by atoms with E-state index in [9.17, 15) is 14.4 Å². The Morgan fingerprint density at radius 3 is 2.48 bits per heavy atom. The van der Waals surface area contributed by atoms with Crippen LogP contribution in [0.25, 0.3) is 11.2 Å². The minimum atomic E-state index is -0.717. The van der Waals surface area contributed by atoms with Crippen molar-refractivity contribution in [3.63, 3.8) is 0 Å². The maximum Gasteiger partial charge on any atom is 0.318 e. The summed E-state index contributed by atoms with van der Waals surface area (Å²) in [4.78, 5) is 41.3. The number of hydrogen-bond acceptors (Lipinski definition) is 4. The van der Waals surface area contributed by atoms with Crippen LogP contribution >= 0.6 is 0 Å². The van der Waals surface area contributed by atoms with Crippen LogP contribution in [0.4, 0.5) is 0 Å². The van der Waals surface area contributed by atoms with E-state index in [1.54, 1.807) is 25.3 Å². The molecule has 0 fully saturated rings. The highest BCUT2D eigenvalue weighted by Crippen LogP contribution is 2.07. The first-order valence-corrected chi connectivity index (χ1v) is 8.92. The van der Waals surface area contributed by atoms with Gasteiger partial charge in [0, 0.05) is 19.3 Å². The zero-order valence-electron chi connectivity index (χ0n) is 15.4. The van der Waals surface area contributed by atoms with Gasteiger partial charge in [0.15, 0.2) is 5.65 Å². The van der Waals surface area contributed by atoms with E-state index < -0.39 is 11.1 Å². The number of fused-ring (bicyclic) bond motifs is 1. The van der Waals surface area contributed by atoms with Gasteiger partial charge in [-0.2, -0.15) is 0 Å². The zero-order chi connectivity index (χ0) is 19.4. The van der Waals surface area contributed by atoms with E-state index in [2.05, 4.69) is 10.3 Å².